The van der Waals surface area contributed by atoms with Crippen LogP contribution in [0.2, 0.25) is 0 Å². The summed E-state index contributed by atoms with van der Waals surface area (Å²) in [5, 5.41) is 3.64. The number of rotatable bonds is 4. The number of aryl methyl sites for hydroxylation is 1. The van der Waals surface area contributed by atoms with E-state index in [2.05, 4.69) is 5.32 Å². The number of anilines is 1. The van der Waals surface area contributed by atoms with Gasteiger partial charge in [0, 0.05) is 22.7 Å². The summed E-state index contributed by atoms with van der Waals surface area (Å²) in [5.74, 6) is 1.14. The van der Waals surface area contributed by atoms with Gasteiger partial charge in [0.2, 0.25) is 0 Å². The van der Waals surface area contributed by atoms with E-state index in [1.165, 1.54) is 0 Å². The molecule has 0 atom stereocenters. The Morgan fingerprint density at radius 2 is 1.70 bits per heavy atom. The predicted molar refractivity (Wildman–Crippen MR) is 88.5 cm³/mol. The van der Waals surface area contributed by atoms with Crippen molar-refractivity contribution >= 4 is 22.6 Å². The lowest BCUT2D eigenvalue weighted by Gasteiger charge is -2.06. The van der Waals surface area contributed by atoms with Crippen LogP contribution in [-0.2, 0) is 0 Å². The van der Waals surface area contributed by atoms with E-state index in [4.69, 9.17) is 13.9 Å². The number of benzene rings is 2. The molecule has 1 N–H and O–H groups in total. The first-order valence-electron chi connectivity index (χ1n) is 7.15. The zero-order valence-electron chi connectivity index (χ0n) is 13.2. The van der Waals surface area contributed by atoms with Gasteiger partial charge in [0.1, 0.15) is 5.58 Å². The molecule has 0 unspecified atom stereocenters. The minimum atomic E-state index is -0.289. The normalized spacial score (nSPS) is 10.6. The molecule has 0 radical (unpaired) electrons. The fourth-order valence-electron chi connectivity index (χ4n) is 2.47. The van der Waals surface area contributed by atoms with Crippen LogP contribution < -0.4 is 14.8 Å². The zero-order valence-corrected chi connectivity index (χ0v) is 13.2. The summed E-state index contributed by atoms with van der Waals surface area (Å²) >= 11 is 0. The fraction of sp³-hybridized carbons (Fsp3) is 0.167. The lowest BCUT2D eigenvalue weighted by Crippen LogP contribution is -2.11. The van der Waals surface area contributed by atoms with E-state index >= 15 is 0 Å². The maximum absolute atomic E-state index is 12.4. The summed E-state index contributed by atoms with van der Waals surface area (Å²) in [6.45, 7) is 1.84. The molecule has 0 aliphatic rings. The Morgan fingerprint density at radius 3 is 2.35 bits per heavy atom. The van der Waals surface area contributed by atoms with Crippen molar-refractivity contribution in [2.75, 3.05) is 19.5 Å². The Bertz CT molecular complexity index is 852. The lowest BCUT2D eigenvalue weighted by atomic mass is 10.1. The monoisotopic (exact) mass is 311 g/mol. The van der Waals surface area contributed by atoms with Crippen LogP contribution in [0.4, 0.5) is 5.69 Å². The van der Waals surface area contributed by atoms with Crippen LogP contribution in [0.5, 0.6) is 11.5 Å². The summed E-state index contributed by atoms with van der Waals surface area (Å²) < 4.78 is 16.3. The van der Waals surface area contributed by atoms with Crippen LogP contribution in [0, 0.1) is 6.92 Å². The quantitative estimate of drug-likeness (QED) is 0.791. The molecule has 23 heavy (non-hydrogen) atoms. The fourth-order valence-corrected chi connectivity index (χ4v) is 2.47. The molecule has 0 saturated heterocycles. The number of para-hydroxylation sites is 1. The van der Waals surface area contributed by atoms with E-state index in [0.29, 0.717) is 22.8 Å². The first kappa shape index (κ1) is 15.0. The number of hydrogen-bond acceptors (Lipinski definition) is 4. The molecule has 0 fully saturated rings. The molecule has 1 heterocycles. The van der Waals surface area contributed by atoms with Gasteiger partial charge in [-0.15, -0.1) is 0 Å². The second kappa shape index (κ2) is 6.04. The number of methoxy groups -OCH3 is 2. The van der Waals surface area contributed by atoms with E-state index in [-0.39, 0.29) is 11.7 Å². The molecule has 118 valence electrons. The third-order valence-electron chi connectivity index (χ3n) is 3.68. The molecule has 0 bridgehead atoms. The number of amides is 1. The Morgan fingerprint density at radius 1 is 1.04 bits per heavy atom. The minimum Gasteiger partial charge on any atom is -0.493 e. The highest BCUT2D eigenvalue weighted by molar-refractivity contribution is 6.06. The van der Waals surface area contributed by atoms with Gasteiger partial charge in [-0.05, 0) is 25.1 Å². The number of carbonyl (C=O) groups excluding carboxylic acids is 1. The standard InChI is InChI=1S/C18H17NO4/c1-11-13-9-15(21-2)16(22-3)10-14(13)23-17(11)18(20)19-12-7-5-4-6-8-12/h4-10H,1-3H3,(H,19,20). The Hall–Kier alpha value is -2.95. The highest BCUT2D eigenvalue weighted by Crippen LogP contribution is 2.36. The second-order valence-corrected chi connectivity index (χ2v) is 5.08. The average molecular weight is 311 g/mol. The number of fused-ring (bicyclic) bond motifs is 1. The highest BCUT2D eigenvalue weighted by atomic mass is 16.5. The van der Waals surface area contributed by atoms with Gasteiger partial charge in [-0.1, -0.05) is 18.2 Å². The first-order valence-corrected chi connectivity index (χ1v) is 7.15. The summed E-state index contributed by atoms with van der Waals surface area (Å²) in [4.78, 5) is 12.4. The topological polar surface area (TPSA) is 60.7 Å². The van der Waals surface area contributed by atoms with Gasteiger partial charge < -0.3 is 19.2 Å². The molecule has 2 aromatic carbocycles. The molecule has 1 aromatic heterocycles. The van der Waals surface area contributed by atoms with Gasteiger partial charge in [0.05, 0.1) is 14.2 Å². The molecular weight excluding hydrogens is 294 g/mol. The Balaban J connectivity index is 2.01. The largest absolute Gasteiger partial charge is 0.493 e. The van der Waals surface area contributed by atoms with Crippen molar-refractivity contribution in [2.45, 2.75) is 6.92 Å². The Kier molecular flexibility index (Phi) is 3.93. The van der Waals surface area contributed by atoms with Crippen LogP contribution in [0.1, 0.15) is 16.1 Å². The molecule has 3 rings (SSSR count). The van der Waals surface area contributed by atoms with Gasteiger partial charge >= 0.3 is 0 Å². The summed E-state index contributed by atoms with van der Waals surface area (Å²) in [6.07, 6.45) is 0. The van der Waals surface area contributed by atoms with E-state index in [1.54, 1.807) is 20.3 Å². The van der Waals surface area contributed by atoms with Gasteiger partial charge in [0.15, 0.2) is 17.3 Å². The smallest absolute Gasteiger partial charge is 0.291 e. The summed E-state index contributed by atoms with van der Waals surface area (Å²) in [7, 11) is 3.13. The summed E-state index contributed by atoms with van der Waals surface area (Å²) in [5.41, 5.74) is 2.06. The number of ether oxygens (including phenoxy) is 2. The molecule has 0 saturated carbocycles. The van der Waals surface area contributed by atoms with E-state index < -0.39 is 0 Å². The average Bonchev–Trinajstić information content (AvgIpc) is 2.90. The molecule has 3 aromatic rings. The van der Waals surface area contributed by atoms with E-state index in [9.17, 15) is 4.79 Å². The number of furan rings is 1. The van der Waals surface area contributed by atoms with E-state index in [1.807, 2.05) is 43.3 Å². The van der Waals surface area contributed by atoms with Crippen molar-refractivity contribution in [1.29, 1.82) is 0 Å². The van der Waals surface area contributed by atoms with E-state index in [0.717, 1.165) is 10.9 Å². The SMILES string of the molecule is COc1cc2oc(C(=O)Nc3ccccc3)c(C)c2cc1OC. The number of carbonyl (C=O) groups is 1. The molecule has 1 amide bonds. The van der Waals surface area contributed by atoms with Crippen LogP contribution in [0.3, 0.4) is 0 Å². The van der Waals surface area contributed by atoms with Crippen LogP contribution in [0.25, 0.3) is 11.0 Å². The molecule has 0 spiro atoms. The van der Waals surface area contributed by atoms with Gasteiger partial charge in [-0.3, -0.25) is 4.79 Å². The number of hydrogen-bond donors (Lipinski definition) is 1. The third kappa shape index (κ3) is 2.73. The molecular formula is C18H17NO4. The van der Waals surface area contributed by atoms with Crippen LogP contribution >= 0.6 is 0 Å². The van der Waals surface area contributed by atoms with Gasteiger partial charge in [-0.2, -0.15) is 0 Å². The minimum absolute atomic E-state index is 0.277. The summed E-state index contributed by atoms with van der Waals surface area (Å²) in [6, 6.07) is 12.8. The third-order valence-corrected chi connectivity index (χ3v) is 3.68. The van der Waals surface area contributed by atoms with Crippen molar-refractivity contribution in [1.82, 2.24) is 0 Å². The highest BCUT2D eigenvalue weighted by Gasteiger charge is 2.20. The molecule has 0 aliphatic heterocycles. The second-order valence-electron chi connectivity index (χ2n) is 5.08. The molecule has 5 heteroatoms. The van der Waals surface area contributed by atoms with Crippen molar-refractivity contribution < 1.29 is 18.7 Å². The van der Waals surface area contributed by atoms with Crippen molar-refractivity contribution in [2.24, 2.45) is 0 Å². The van der Waals surface area contributed by atoms with Crippen molar-refractivity contribution in [3.63, 3.8) is 0 Å². The predicted octanol–water partition coefficient (Wildman–Crippen LogP) is 4.01. The Labute approximate surface area is 133 Å². The lowest BCUT2D eigenvalue weighted by molar-refractivity contribution is 0.0998. The van der Waals surface area contributed by atoms with Gasteiger partial charge in [0.25, 0.3) is 5.91 Å². The van der Waals surface area contributed by atoms with Crippen LogP contribution in [-0.4, -0.2) is 20.1 Å². The zero-order chi connectivity index (χ0) is 16.4. The van der Waals surface area contributed by atoms with Crippen molar-refractivity contribution in [3.8, 4) is 11.5 Å². The first-order chi connectivity index (χ1) is 11.1. The van der Waals surface area contributed by atoms with Crippen LogP contribution in [0.15, 0.2) is 46.9 Å². The maximum atomic E-state index is 12.4. The van der Waals surface area contributed by atoms with Gasteiger partial charge in [-0.25, -0.2) is 0 Å². The molecule has 5 nitrogen and oxygen atoms in total. The maximum Gasteiger partial charge on any atom is 0.291 e. The van der Waals surface area contributed by atoms with Crippen molar-refractivity contribution in [3.05, 3.63) is 53.8 Å². The number of nitrogens with one attached hydrogen (secondary N) is 1. The molecule has 0 aliphatic carbocycles.